The fourth-order valence-electron chi connectivity index (χ4n) is 1.22. The molecular formula is C9H12FN3O4S. The number of halogens is 1. The number of hydrogen-bond acceptors (Lipinski definition) is 5. The lowest BCUT2D eigenvalue weighted by Gasteiger charge is -2.06. The maximum Gasteiger partial charge on any atom is 0.274 e. The molecule has 0 aromatic heterocycles. The third-order valence-electron chi connectivity index (χ3n) is 1.91. The average Bonchev–Trinajstić information content (AvgIpc) is 2.22. The van der Waals surface area contributed by atoms with Crippen molar-refractivity contribution in [3.63, 3.8) is 0 Å². The Morgan fingerprint density at radius 1 is 1.33 bits per heavy atom. The van der Waals surface area contributed by atoms with Gasteiger partial charge >= 0.3 is 0 Å². The monoisotopic (exact) mass is 277 g/mol. The molecule has 18 heavy (non-hydrogen) atoms. The first kappa shape index (κ1) is 14.3. The number of anilines is 1. The van der Waals surface area contributed by atoms with Crippen molar-refractivity contribution in [1.29, 1.82) is 0 Å². The number of benzene rings is 1. The van der Waals surface area contributed by atoms with Crippen LogP contribution in [0.5, 0.6) is 0 Å². The minimum atomic E-state index is -3.28. The molecule has 9 heteroatoms. The lowest BCUT2D eigenvalue weighted by molar-refractivity contribution is -0.385. The third-order valence-corrected chi connectivity index (χ3v) is 2.64. The standard InChI is InChI=1S/C9H12FN3O4S/c1-18(16,17)12-3-2-11-8-4-7(10)5-9(6-8)13(14)15/h4-6,11-12H,2-3H2,1H3. The van der Waals surface area contributed by atoms with Crippen LogP contribution >= 0.6 is 0 Å². The summed E-state index contributed by atoms with van der Waals surface area (Å²) in [6, 6.07) is 3.07. The van der Waals surface area contributed by atoms with E-state index < -0.39 is 20.8 Å². The first-order chi connectivity index (χ1) is 8.28. The summed E-state index contributed by atoms with van der Waals surface area (Å²) in [5.74, 6) is -0.734. The zero-order chi connectivity index (χ0) is 13.8. The summed E-state index contributed by atoms with van der Waals surface area (Å²) in [6.07, 6.45) is 1.01. The van der Waals surface area contributed by atoms with E-state index >= 15 is 0 Å². The van der Waals surface area contributed by atoms with Crippen LogP contribution in [0.15, 0.2) is 18.2 Å². The molecule has 0 saturated carbocycles. The van der Waals surface area contributed by atoms with Gasteiger partial charge in [0, 0.05) is 24.8 Å². The Labute approximate surface area is 103 Å². The Kier molecular flexibility index (Phi) is 4.56. The number of sulfonamides is 1. The number of nitro groups is 1. The highest BCUT2D eigenvalue weighted by atomic mass is 32.2. The van der Waals surface area contributed by atoms with Gasteiger partial charge in [-0.1, -0.05) is 0 Å². The smallest absolute Gasteiger partial charge is 0.274 e. The van der Waals surface area contributed by atoms with Gasteiger partial charge in [-0.15, -0.1) is 0 Å². The van der Waals surface area contributed by atoms with Gasteiger partial charge < -0.3 is 5.32 Å². The Hall–Kier alpha value is -1.74. The highest BCUT2D eigenvalue weighted by molar-refractivity contribution is 7.88. The number of nitrogens with one attached hydrogen (secondary N) is 2. The van der Waals surface area contributed by atoms with Gasteiger partial charge in [-0.25, -0.2) is 17.5 Å². The molecule has 0 heterocycles. The Bertz CT molecular complexity index is 547. The molecule has 0 unspecified atom stereocenters. The van der Waals surface area contributed by atoms with E-state index in [1.54, 1.807) is 0 Å². The van der Waals surface area contributed by atoms with Crippen LogP contribution in [-0.4, -0.2) is 32.7 Å². The number of hydrogen-bond donors (Lipinski definition) is 2. The highest BCUT2D eigenvalue weighted by Gasteiger charge is 2.09. The maximum absolute atomic E-state index is 13.0. The fraction of sp³-hybridized carbons (Fsp3) is 0.333. The molecule has 0 radical (unpaired) electrons. The van der Waals surface area contributed by atoms with Crippen LogP contribution in [0.4, 0.5) is 15.8 Å². The number of nitro benzene ring substituents is 1. The van der Waals surface area contributed by atoms with Gasteiger partial charge in [0.05, 0.1) is 17.2 Å². The van der Waals surface area contributed by atoms with Crippen LogP contribution in [0.2, 0.25) is 0 Å². The lowest BCUT2D eigenvalue weighted by atomic mass is 10.2. The summed E-state index contributed by atoms with van der Waals surface area (Å²) < 4.78 is 36.8. The Balaban J connectivity index is 2.60. The number of non-ortho nitro benzene ring substituents is 1. The van der Waals surface area contributed by atoms with Crippen LogP contribution in [-0.2, 0) is 10.0 Å². The van der Waals surface area contributed by atoms with Crippen LogP contribution in [0.3, 0.4) is 0 Å². The molecule has 0 saturated heterocycles. The number of rotatable bonds is 6. The normalized spacial score (nSPS) is 11.2. The van der Waals surface area contributed by atoms with E-state index in [9.17, 15) is 22.9 Å². The van der Waals surface area contributed by atoms with E-state index in [1.165, 1.54) is 6.07 Å². The molecule has 0 aliphatic rings. The molecule has 0 amide bonds. The Morgan fingerprint density at radius 2 is 2.00 bits per heavy atom. The average molecular weight is 277 g/mol. The van der Waals surface area contributed by atoms with E-state index in [2.05, 4.69) is 10.0 Å². The molecule has 7 nitrogen and oxygen atoms in total. The quantitative estimate of drug-likeness (QED) is 0.452. The largest absolute Gasteiger partial charge is 0.383 e. The van der Waals surface area contributed by atoms with Crippen LogP contribution < -0.4 is 10.0 Å². The van der Waals surface area contributed by atoms with E-state index in [-0.39, 0.29) is 24.5 Å². The summed E-state index contributed by atoms with van der Waals surface area (Å²) in [5.41, 5.74) is -0.148. The maximum atomic E-state index is 13.0. The van der Waals surface area contributed by atoms with Crippen molar-refractivity contribution in [1.82, 2.24) is 4.72 Å². The molecule has 2 N–H and O–H groups in total. The molecule has 0 spiro atoms. The molecule has 0 atom stereocenters. The van der Waals surface area contributed by atoms with Crippen LogP contribution in [0, 0.1) is 15.9 Å². The summed E-state index contributed by atoms with van der Waals surface area (Å²) >= 11 is 0. The van der Waals surface area contributed by atoms with Crippen LogP contribution in [0.1, 0.15) is 0 Å². The summed E-state index contributed by atoms with van der Waals surface area (Å²) in [4.78, 5) is 9.78. The summed E-state index contributed by atoms with van der Waals surface area (Å²) in [5, 5.41) is 13.2. The molecule has 1 aromatic carbocycles. The molecule has 1 rings (SSSR count). The predicted molar refractivity (Wildman–Crippen MR) is 64.4 cm³/mol. The van der Waals surface area contributed by atoms with Gasteiger partial charge in [-0.3, -0.25) is 10.1 Å². The zero-order valence-electron chi connectivity index (χ0n) is 9.51. The zero-order valence-corrected chi connectivity index (χ0v) is 10.3. The minimum absolute atomic E-state index is 0.100. The SMILES string of the molecule is CS(=O)(=O)NCCNc1cc(F)cc([N+](=O)[O-])c1. The van der Waals surface area contributed by atoms with Crippen molar-refractivity contribution in [3.8, 4) is 0 Å². The van der Waals surface area contributed by atoms with Crippen molar-refractivity contribution >= 4 is 21.4 Å². The highest BCUT2D eigenvalue weighted by Crippen LogP contribution is 2.19. The minimum Gasteiger partial charge on any atom is -0.383 e. The Morgan fingerprint density at radius 3 is 2.56 bits per heavy atom. The topological polar surface area (TPSA) is 101 Å². The molecule has 0 fully saturated rings. The van der Waals surface area contributed by atoms with Crippen LogP contribution in [0.25, 0.3) is 0 Å². The van der Waals surface area contributed by atoms with E-state index in [1.807, 2.05) is 0 Å². The van der Waals surface area contributed by atoms with Gasteiger partial charge in [0.2, 0.25) is 10.0 Å². The lowest BCUT2D eigenvalue weighted by Crippen LogP contribution is -2.27. The molecular weight excluding hydrogens is 265 g/mol. The predicted octanol–water partition coefficient (Wildman–Crippen LogP) is 0.695. The van der Waals surface area contributed by atoms with Crippen molar-refractivity contribution in [2.45, 2.75) is 0 Å². The van der Waals surface area contributed by atoms with Crippen molar-refractivity contribution in [3.05, 3.63) is 34.1 Å². The number of nitrogens with zero attached hydrogens (tertiary/aromatic N) is 1. The van der Waals surface area contributed by atoms with Crippen molar-refractivity contribution < 1.29 is 17.7 Å². The molecule has 100 valence electrons. The van der Waals surface area contributed by atoms with E-state index in [0.29, 0.717) is 0 Å². The van der Waals surface area contributed by atoms with Gasteiger partial charge in [0.1, 0.15) is 5.82 Å². The molecule has 0 aliphatic carbocycles. The van der Waals surface area contributed by atoms with Gasteiger partial charge in [0.15, 0.2) is 0 Å². The summed E-state index contributed by atoms with van der Waals surface area (Å²) in [7, 11) is -3.28. The second-order valence-corrected chi connectivity index (χ2v) is 5.38. The van der Waals surface area contributed by atoms with Gasteiger partial charge in [-0.05, 0) is 6.07 Å². The van der Waals surface area contributed by atoms with Gasteiger partial charge in [-0.2, -0.15) is 0 Å². The second-order valence-electron chi connectivity index (χ2n) is 3.55. The first-order valence-corrected chi connectivity index (χ1v) is 6.80. The third kappa shape index (κ3) is 5.06. The molecule has 0 bridgehead atoms. The van der Waals surface area contributed by atoms with Gasteiger partial charge in [0.25, 0.3) is 5.69 Å². The van der Waals surface area contributed by atoms with E-state index in [0.717, 1.165) is 18.4 Å². The van der Waals surface area contributed by atoms with Crippen molar-refractivity contribution in [2.24, 2.45) is 0 Å². The molecule has 1 aromatic rings. The fourth-order valence-corrected chi connectivity index (χ4v) is 1.70. The first-order valence-electron chi connectivity index (χ1n) is 4.91. The summed E-state index contributed by atoms with van der Waals surface area (Å²) in [6.45, 7) is 0.289. The van der Waals surface area contributed by atoms with E-state index in [4.69, 9.17) is 0 Å². The van der Waals surface area contributed by atoms with Crippen molar-refractivity contribution in [2.75, 3.05) is 24.7 Å². The second kappa shape index (κ2) is 5.74. The molecule has 0 aliphatic heterocycles.